The van der Waals surface area contributed by atoms with E-state index in [4.69, 9.17) is 9.47 Å². The number of ether oxygens (including phenoxy) is 2. The fourth-order valence-corrected chi connectivity index (χ4v) is 3.66. The molecule has 9 heteroatoms. The minimum atomic E-state index is -0.477. The van der Waals surface area contributed by atoms with E-state index in [9.17, 15) is 9.59 Å². The Bertz CT molecular complexity index is 597. The van der Waals surface area contributed by atoms with Gasteiger partial charge in [0.1, 0.15) is 5.60 Å². The van der Waals surface area contributed by atoms with E-state index in [0.717, 1.165) is 38.4 Å². The molecule has 0 aromatic heterocycles. The molecule has 0 bridgehead atoms. The lowest BCUT2D eigenvalue weighted by Gasteiger charge is -2.40. The summed E-state index contributed by atoms with van der Waals surface area (Å²) in [5.41, 5.74) is -0.477. The van der Waals surface area contributed by atoms with E-state index >= 15 is 0 Å². The largest absolute Gasteiger partial charge is 0.466 e. The van der Waals surface area contributed by atoms with Crippen LogP contribution >= 0.6 is 24.0 Å². The molecule has 1 amide bonds. The summed E-state index contributed by atoms with van der Waals surface area (Å²) in [4.78, 5) is 32.8. The average Bonchev–Trinajstić information content (AvgIpc) is 3.49. The topological polar surface area (TPSA) is 83.5 Å². The van der Waals surface area contributed by atoms with E-state index in [-0.39, 0.29) is 42.1 Å². The number of piperidine rings is 1. The van der Waals surface area contributed by atoms with Gasteiger partial charge in [-0.25, -0.2) is 4.79 Å². The molecule has 1 saturated heterocycles. The van der Waals surface area contributed by atoms with Crippen molar-refractivity contribution in [2.24, 2.45) is 10.9 Å². The summed E-state index contributed by atoms with van der Waals surface area (Å²) in [6, 6.07) is 0.207. The molecule has 1 saturated carbocycles. The van der Waals surface area contributed by atoms with Gasteiger partial charge in [0.05, 0.1) is 6.61 Å². The fourth-order valence-electron chi connectivity index (χ4n) is 3.66. The van der Waals surface area contributed by atoms with Crippen LogP contribution in [0.5, 0.6) is 0 Å². The summed E-state index contributed by atoms with van der Waals surface area (Å²) >= 11 is 0. The summed E-state index contributed by atoms with van der Waals surface area (Å²) in [6.07, 6.45) is 5.15. The molecule has 1 heterocycles. The summed E-state index contributed by atoms with van der Waals surface area (Å²) in [5, 5.41) is 3.34. The molecule has 2 fully saturated rings. The highest BCUT2D eigenvalue weighted by atomic mass is 127. The number of hydrogen-bond donors (Lipinski definition) is 1. The Labute approximate surface area is 204 Å². The molecule has 2 aliphatic rings. The molecular formula is C22H41IN4O4. The quantitative estimate of drug-likeness (QED) is 0.163. The Morgan fingerprint density at radius 1 is 1.16 bits per heavy atom. The molecule has 0 atom stereocenters. The first kappa shape index (κ1) is 27.8. The standard InChI is InChI=1S/C22H40N4O4.HI/c1-6-29-19(27)8-7-13-24-20(23-5)25-14-11-18(12-15-25)26(16-17-9-10-17)21(28)30-22(2,3)4;/h17-18H,6-16H2,1-5H3,(H,23,24);1H. The molecule has 31 heavy (non-hydrogen) atoms. The van der Waals surface area contributed by atoms with Crippen LogP contribution in [0.3, 0.4) is 0 Å². The first-order valence-electron chi connectivity index (χ1n) is 11.3. The zero-order chi connectivity index (χ0) is 22.1. The van der Waals surface area contributed by atoms with Gasteiger partial charge in [0.15, 0.2) is 5.96 Å². The summed E-state index contributed by atoms with van der Waals surface area (Å²) in [5.74, 6) is 1.32. The zero-order valence-electron chi connectivity index (χ0n) is 19.8. The first-order valence-corrected chi connectivity index (χ1v) is 11.3. The van der Waals surface area contributed by atoms with Gasteiger partial charge in [-0.15, -0.1) is 24.0 Å². The predicted molar refractivity (Wildman–Crippen MR) is 133 cm³/mol. The van der Waals surface area contributed by atoms with Crippen molar-refractivity contribution in [1.82, 2.24) is 15.1 Å². The lowest BCUT2D eigenvalue weighted by atomic mass is 10.0. The van der Waals surface area contributed by atoms with E-state index in [1.807, 2.05) is 32.6 Å². The Morgan fingerprint density at radius 2 is 1.81 bits per heavy atom. The lowest BCUT2D eigenvalue weighted by molar-refractivity contribution is -0.143. The SMILES string of the molecule is CCOC(=O)CCCNC(=NC)N1CCC(N(CC2CC2)C(=O)OC(C)(C)C)CC1.I. The number of rotatable bonds is 8. The third-order valence-corrected chi connectivity index (χ3v) is 5.34. The third kappa shape index (κ3) is 10.3. The highest BCUT2D eigenvalue weighted by Gasteiger charge is 2.35. The van der Waals surface area contributed by atoms with Gasteiger partial charge in [0, 0.05) is 45.7 Å². The average molecular weight is 552 g/mol. The van der Waals surface area contributed by atoms with E-state index in [1.165, 1.54) is 12.8 Å². The highest BCUT2D eigenvalue weighted by molar-refractivity contribution is 14.0. The van der Waals surface area contributed by atoms with Gasteiger partial charge in [0.2, 0.25) is 0 Å². The van der Waals surface area contributed by atoms with Crippen LogP contribution in [0, 0.1) is 5.92 Å². The van der Waals surface area contributed by atoms with Crippen LogP contribution in [0.4, 0.5) is 4.79 Å². The van der Waals surface area contributed by atoms with Crippen LogP contribution in [-0.4, -0.2) is 79.3 Å². The second kappa shape index (κ2) is 13.3. The second-order valence-corrected chi connectivity index (χ2v) is 9.18. The predicted octanol–water partition coefficient (Wildman–Crippen LogP) is 3.63. The summed E-state index contributed by atoms with van der Waals surface area (Å²) < 4.78 is 10.6. The minimum Gasteiger partial charge on any atom is -0.466 e. The molecule has 1 aliphatic carbocycles. The van der Waals surface area contributed by atoms with E-state index in [1.54, 1.807) is 7.05 Å². The number of hydrogen-bond acceptors (Lipinski definition) is 5. The summed E-state index contributed by atoms with van der Waals surface area (Å²) in [6.45, 7) is 11.2. The van der Waals surface area contributed by atoms with Crippen molar-refractivity contribution in [2.75, 3.05) is 39.8 Å². The van der Waals surface area contributed by atoms with Crippen LogP contribution in [0.1, 0.15) is 66.2 Å². The number of halogens is 1. The smallest absolute Gasteiger partial charge is 0.410 e. The van der Waals surface area contributed by atoms with Crippen molar-refractivity contribution in [3.8, 4) is 0 Å². The number of aliphatic imine (C=N–C) groups is 1. The molecule has 1 N–H and O–H groups in total. The van der Waals surface area contributed by atoms with Crippen LogP contribution in [-0.2, 0) is 14.3 Å². The zero-order valence-corrected chi connectivity index (χ0v) is 22.1. The molecule has 0 unspecified atom stereocenters. The molecule has 0 spiro atoms. The van der Waals surface area contributed by atoms with Gasteiger partial charge in [-0.2, -0.15) is 0 Å². The molecular weight excluding hydrogens is 511 g/mol. The Hall–Kier alpha value is -1.26. The van der Waals surface area contributed by atoms with E-state index in [2.05, 4.69) is 15.2 Å². The maximum absolute atomic E-state index is 12.8. The highest BCUT2D eigenvalue weighted by Crippen LogP contribution is 2.32. The van der Waals surface area contributed by atoms with Crippen molar-refractivity contribution in [3.63, 3.8) is 0 Å². The fraction of sp³-hybridized carbons (Fsp3) is 0.864. The third-order valence-electron chi connectivity index (χ3n) is 5.34. The Morgan fingerprint density at radius 3 is 2.32 bits per heavy atom. The molecule has 1 aliphatic heterocycles. The van der Waals surface area contributed by atoms with Crippen molar-refractivity contribution in [3.05, 3.63) is 0 Å². The van der Waals surface area contributed by atoms with Crippen LogP contribution < -0.4 is 5.32 Å². The number of likely N-dealkylation sites (tertiary alicyclic amines) is 1. The minimum absolute atomic E-state index is 0. The molecule has 0 radical (unpaired) electrons. The van der Waals surface area contributed by atoms with Crippen molar-refractivity contribution >= 4 is 42.0 Å². The van der Waals surface area contributed by atoms with Crippen LogP contribution in [0.15, 0.2) is 4.99 Å². The van der Waals surface area contributed by atoms with E-state index in [0.29, 0.717) is 31.9 Å². The van der Waals surface area contributed by atoms with Crippen LogP contribution in [0.25, 0.3) is 0 Å². The lowest BCUT2D eigenvalue weighted by Crippen LogP contribution is -2.52. The number of nitrogens with one attached hydrogen (secondary N) is 1. The normalized spacial score (nSPS) is 17.6. The van der Waals surface area contributed by atoms with Crippen molar-refractivity contribution in [2.45, 2.75) is 77.9 Å². The van der Waals surface area contributed by atoms with Gasteiger partial charge >= 0.3 is 12.1 Å². The van der Waals surface area contributed by atoms with Crippen molar-refractivity contribution in [1.29, 1.82) is 0 Å². The molecule has 180 valence electrons. The number of amides is 1. The van der Waals surface area contributed by atoms with Gasteiger partial charge < -0.3 is 24.6 Å². The van der Waals surface area contributed by atoms with Crippen LogP contribution in [0.2, 0.25) is 0 Å². The maximum Gasteiger partial charge on any atom is 0.410 e. The molecule has 2 rings (SSSR count). The van der Waals surface area contributed by atoms with Gasteiger partial charge in [0.25, 0.3) is 0 Å². The molecule has 0 aromatic carbocycles. The number of esters is 1. The first-order chi connectivity index (χ1) is 14.2. The molecule has 0 aromatic rings. The maximum atomic E-state index is 12.8. The number of guanidine groups is 1. The van der Waals surface area contributed by atoms with Gasteiger partial charge in [-0.1, -0.05) is 0 Å². The monoisotopic (exact) mass is 552 g/mol. The summed E-state index contributed by atoms with van der Waals surface area (Å²) in [7, 11) is 1.78. The van der Waals surface area contributed by atoms with Gasteiger partial charge in [-0.05, 0) is 65.7 Å². The number of nitrogens with zero attached hydrogens (tertiary/aromatic N) is 3. The second-order valence-electron chi connectivity index (χ2n) is 9.18. The van der Waals surface area contributed by atoms with Crippen molar-refractivity contribution < 1.29 is 19.1 Å². The number of carbonyl (C=O) groups excluding carboxylic acids is 2. The molecule has 8 nitrogen and oxygen atoms in total. The number of carbonyl (C=O) groups is 2. The van der Waals surface area contributed by atoms with E-state index < -0.39 is 5.60 Å². The Kier molecular flexibility index (Phi) is 11.9. The van der Waals surface area contributed by atoms with Gasteiger partial charge in [-0.3, -0.25) is 9.79 Å². The Balaban J connectivity index is 0.00000480.